The molecule has 3 atom stereocenters. The molecule has 0 heterocycles. The van der Waals surface area contributed by atoms with E-state index in [1.54, 1.807) is 12.1 Å². The zero-order valence-corrected chi connectivity index (χ0v) is 11.4. The Balaban J connectivity index is 2.08. The van der Waals surface area contributed by atoms with Gasteiger partial charge in [-0.05, 0) is 42.9 Å². The summed E-state index contributed by atoms with van der Waals surface area (Å²) in [6.07, 6.45) is 2.14. The van der Waals surface area contributed by atoms with Crippen molar-refractivity contribution in [2.45, 2.75) is 32.7 Å². The molecule has 0 radical (unpaired) electrons. The number of halogens is 1. The molecule has 1 aromatic carbocycles. The monoisotopic (exact) mass is 267 g/mol. The Bertz CT molecular complexity index is 461. The third kappa shape index (κ3) is 2.61. The molecule has 3 unspecified atom stereocenters. The van der Waals surface area contributed by atoms with Crippen LogP contribution in [0.15, 0.2) is 18.2 Å². The van der Waals surface area contributed by atoms with Gasteiger partial charge in [0.05, 0.1) is 5.56 Å². The summed E-state index contributed by atoms with van der Waals surface area (Å²) < 4.78 is 0. The lowest BCUT2D eigenvalue weighted by Crippen LogP contribution is -2.37. The average Bonchev–Trinajstić information content (AvgIpc) is 2.61. The van der Waals surface area contributed by atoms with Crippen molar-refractivity contribution in [1.29, 1.82) is 0 Å². The first-order chi connectivity index (χ1) is 8.49. The lowest BCUT2D eigenvalue weighted by Gasteiger charge is -2.19. The van der Waals surface area contributed by atoms with Gasteiger partial charge >= 0.3 is 0 Å². The lowest BCUT2D eigenvalue weighted by molar-refractivity contribution is 0.0924. The van der Waals surface area contributed by atoms with E-state index in [0.717, 1.165) is 12.8 Å². The minimum atomic E-state index is -0.227. The predicted octanol–water partition coefficient (Wildman–Crippen LogP) is 3.21. The van der Waals surface area contributed by atoms with Gasteiger partial charge in [-0.15, -0.1) is 0 Å². The zero-order chi connectivity index (χ0) is 13.3. The SMILES string of the molecule is CC1CCC(NC(=O)c2ccc(Cl)cc2O)C1C. The molecule has 0 aromatic heterocycles. The molecular weight excluding hydrogens is 250 g/mol. The van der Waals surface area contributed by atoms with Crippen LogP contribution in [-0.2, 0) is 0 Å². The van der Waals surface area contributed by atoms with E-state index >= 15 is 0 Å². The standard InChI is InChI=1S/C14H18ClNO2/c1-8-3-6-12(9(8)2)16-14(18)11-5-4-10(15)7-13(11)17/h4-5,7-9,12,17H,3,6H2,1-2H3,(H,16,18). The van der Waals surface area contributed by atoms with Gasteiger partial charge in [0.2, 0.25) is 0 Å². The molecular formula is C14H18ClNO2. The van der Waals surface area contributed by atoms with Crippen LogP contribution in [0, 0.1) is 11.8 Å². The molecule has 2 N–H and O–H groups in total. The Kier molecular flexibility index (Phi) is 3.81. The topological polar surface area (TPSA) is 49.3 Å². The summed E-state index contributed by atoms with van der Waals surface area (Å²) in [7, 11) is 0. The second-order valence-electron chi connectivity index (χ2n) is 5.16. The van der Waals surface area contributed by atoms with Gasteiger partial charge in [0.25, 0.3) is 5.91 Å². The van der Waals surface area contributed by atoms with Crippen LogP contribution in [0.4, 0.5) is 0 Å². The largest absolute Gasteiger partial charge is 0.507 e. The van der Waals surface area contributed by atoms with E-state index in [1.165, 1.54) is 6.07 Å². The van der Waals surface area contributed by atoms with Gasteiger partial charge in [0, 0.05) is 11.1 Å². The maximum absolute atomic E-state index is 12.1. The maximum Gasteiger partial charge on any atom is 0.255 e. The molecule has 98 valence electrons. The molecule has 1 aromatic rings. The Morgan fingerprint density at radius 1 is 1.39 bits per heavy atom. The maximum atomic E-state index is 12.1. The van der Waals surface area contributed by atoms with Crippen molar-refractivity contribution >= 4 is 17.5 Å². The first-order valence-electron chi connectivity index (χ1n) is 6.28. The van der Waals surface area contributed by atoms with Crippen LogP contribution in [0.5, 0.6) is 5.75 Å². The highest BCUT2D eigenvalue weighted by Crippen LogP contribution is 2.31. The van der Waals surface area contributed by atoms with Crippen LogP contribution in [0.2, 0.25) is 5.02 Å². The lowest BCUT2D eigenvalue weighted by atomic mass is 9.97. The van der Waals surface area contributed by atoms with Gasteiger partial charge in [-0.25, -0.2) is 0 Å². The van der Waals surface area contributed by atoms with Gasteiger partial charge in [-0.2, -0.15) is 0 Å². The van der Waals surface area contributed by atoms with E-state index in [-0.39, 0.29) is 23.3 Å². The van der Waals surface area contributed by atoms with Crippen molar-refractivity contribution in [3.05, 3.63) is 28.8 Å². The third-order valence-electron chi connectivity index (χ3n) is 3.99. The number of rotatable bonds is 2. The fourth-order valence-electron chi connectivity index (χ4n) is 2.51. The Morgan fingerprint density at radius 2 is 2.11 bits per heavy atom. The quantitative estimate of drug-likeness (QED) is 0.864. The van der Waals surface area contributed by atoms with Crippen LogP contribution in [0.1, 0.15) is 37.0 Å². The second kappa shape index (κ2) is 5.19. The van der Waals surface area contributed by atoms with Crippen molar-refractivity contribution < 1.29 is 9.90 Å². The van der Waals surface area contributed by atoms with Crippen LogP contribution in [-0.4, -0.2) is 17.1 Å². The van der Waals surface area contributed by atoms with Gasteiger partial charge < -0.3 is 10.4 Å². The predicted molar refractivity (Wildman–Crippen MR) is 71.9 cm³/mol. The molecule has 0 aliphatic heterocycles. The van der Waals surface area contributed by atoms with E-state index in [1.807, 2.05) is 0 Å². The first kappa shape index (κ1) is 13.2. The number of hydrogen-bond donors (Lipinski definition) is 2. The summed E-state index contributed by atoms with van der Waals surface area (Å²) in [4.78, 5) is 12.1. The molecule has 0 saturated heterocycles. The fourth-order valence-corrected chi connectivity index (χ4v) is 2.68. The van der Waals surface area contributed by atoms with Crippen molar-refractivity contribution in [2.75, 3.05) is 0 Å². The van der Waals surface area contributed by atoms with Crippen molar-refractivity contribution in [3.63, 3.8) is 0 Å². The molecule has 0 spiro atoms. The highest BCUT2D eigenvalue weighted by Gasteiger charge is 2.31. The molecule has 1 amide bonds. The van der Waals surface area contributed by atoms with Crippen LogP contribution in [0.25, 0.3) is 0 Å². The van der Waals surface area contributed by atoms with Crippen molar-refractivity contribution in [1.82, 2.24) is 5.32 Å². The molecule has 1 fully saturated rings. The number of amides is 1. The average molecular weight is 268 g/mol. The second-order valence-corrected chi connectivity index (χ2v) is 5.59. The number of phenolic OH excluding ortho intramolecular Hbond substituents is 1. The minimum Gasteiger partial charge on any atom is -0.507 e. The number of nitrogens with one attached hydrogen (secondary N) is 1. The van der Waals surface area contributed by atoms with Crippen molar-refractivity contribution in [3.8, 4) is 5.75 Å². The summed E-state index contributed by atoms with van der Waals surface area (Å²) in [5, 5.41) is 13.1. The zero-order valence-electron chi connectivity index (χ0n) is 10.6. The summed E-state index contributed by atoms with van der Waals surface area (Å²) >= 11 is 5.74. The Morgan fingerprint density at radius 3 is 2.67 bits per heavy atom. The molecule has 1 saturated carbocycles. The number of phenols is 1. The van der Waals surface area contributed by atoms with Crippen LogP contribution >= 0.6 is 11.6 Å². The van der Waals surface area contributed by atoms with Gasteiger partial charge in [-0.3, -0.25) is 4.79 Å². The molecule has 2 rings (SSSR count). The number of carbonyl (C=O) groups is 1. The van der Waals surface area contributed by atoms with E-state index < -0.39 is 0 Å². The molecule has 0 bridgehead atoms. The Labute approximate surface area is 112 Å². The Hall–Kier alpha value is -1.22. The number of carbonyl (C=O) groups excluding carboxylic acids is 1. The third-order valence-corrected chi connectivity index (χ3v) is 4.22. The normalized spacial score (nSPS) is 27.2. The summed E-state index contributed by atoms with van der Waals surface area (Å²) in [5.41, 5.74) is 0.283. The molecule has 1 aliphatic carbocycles. The van der Waals surface area contributed by atoms with Gasteiger partial charge in [-0.1, -0.05) is 25.4 Å². The van der Waals surface area contributed by atoms with Crippen molar-refractivity contribution in [2.24, 2.45) is 11.8 Å². The number of benzene rings is 1. The van der Waals surface area contributed by atoms with Gasteiger partial charge in [0.1, 0.15) is 5.75 Å². The smallest absolute Gasteiger partial charge is 0.255 e. The molecule has 1 aliphatic rings. The number of hydrogen-bond acceptors (Lipinski definition) is 2. The van der Waals surface area contributed by atoms with Crippen LogP contribution in [0.3, 0.4) is 0 Å². The summed E-state index contributed by atoms with van der Waals surface area (Å²) in [5.74, 6) is 0.811. The molecule has 3 nitrogen and oxygen atoms in total. The molecule has 18 heavy (non-hydrogen) atoms. The van der Waals surface area contributed by atoms with E-state index in [2.05, 4.69) is 19.2 Å². The summed E-state index contributed by atoms with van der Waals surface area (Å²) in [6, 6.07) is 4.74. The number of aromatic hydroxyl groups is 1. The summed E-state index contributed by atoms with van der Waals surface area (Å²) in [6.45, 7) is 4.36. The fraction of sp³-hybridized carbons (Fsp3) is 0.500. The van der Waals surface area contributed by atoms with Crippen LogP contribution < -0.4 is 5.32 Å². The molecule has 4 heteroatoms. The highest BCUT2D eigenvalue weighted by molar-refractivity contribution is 6.30. The van der Waals surface area contributed by atoms with E-state index in [0.29, 0.717) is 16.9 Å². The van der Waals surface area contributed by atoms with E-state index in [4.69, 9.17) is 11.6 Å². The van der Waals surface area contributed by atoms with E-state index in [9.17, 15) is 9.90 Å². The minimum absolute atomic E-state index is 0.0706. The first-order valence-corrected chi connectivity index (χ1v) is 6.66. The highest BCUT2D eigenvalue weighted by atomic mass is 35.5. The van der Waals surface area contributed by atoms with Gasteiger partial charge in [0.15, 0.2) is 0 Å².